The van der Waals surface area contributed by atoms with Crippen LogP contribution in [-0.4, -0.2) is 17.5 Å². The molecule has 0 N–H and O–H groups in total. The lowest BCUT2D eigenvalue weighted by molar-refractivity contribution is -0.140. The molecule has 0 aromatic heterocycles. The van der Waals surface area contributed by atoms with Gasteiger partial charge in [0.25, 0.3) is 0 Å². The molecule has 0 aliphatic rings. The molecule has 70 valence electrons. The lowest BCUT2D eigenvalue weighted by Gasteiger charge is -1.95. The number of carbonyl (C=O) groups is 1. The van der Waals surface area contributed by atoms with Crippen LogP contribution in [0.5, 0.6) is 0 Å². The number of hydrogen-bond acceptors (Lipinski definition) is 2. The van der Waals surface area contributed by atoms with E-state index in [2.05, 4.69) is 39.5 Å². The highest BCUT2D eigenvalue weighted by atomic mass is 127. The Morgan fingerprint density at radius 2 is 2.08 bits per heavy atom. The number of unbranched alkanes of at least 4 members (excludes halogenated alkanes) is 1. The molecule has 0 spiro atoms. The second-order valence-electron chi connectivity index (χ2n) is 2.42. The van der Waals surface area contributed by atoms with Gasteiger partial charge in [-0.3, -0.25) is 4.79 Å². The highest BCUT2D eigenvalue weighted by Gasteiger charge is 1.96. The van der Waals surface area contributed by atoms with E-state index in [4.69, 9.17) is 0 Å². The maximum atomic E-state index is 10.7. The lowest BCUT2D eigenvalue weighted by Crippen LogP contribution is -1.98. The first-order valence-electron chi connectivity index (χ1n) is 4.09. The van der Waals surface area contributed by atoms with E-state index in [1.165, 1.54) is 7.11 Å². The summed E-state index contributed by atoms with van der Waals surface area (Å²) in [5.74, 6) is -0.114. The molecule has 0 heterocycles. The number of hydrogen-bond donors (Lipinski definition) is 0. The van der Waals surface area contributed by atoms with Crippen molar-refractivity contribution in [2.24, 2.45) is 0 Å². The topological polar surface area (TPSA) is 26.3 Å². The average molecular weight is 282 g/mol. The van der Waals surface area contributed by atoms with E-state index in [1.807, 2.05) is 0 Å². The Labute approximate surface area is 87.5 Å². The molecule has 0 aromatic carbocycles. The van der Waals surface area contributed by atoms with E-state index in [0.717, 1.165) is 23.7 Å². The second-order valence-corrected chi connectivity index (χ2v) is 3.50. The van der Waals surface area contributed by atoms with E-state index in [0.29, 0.717) is 6.42 Å². The summed E-state index contributed by atoms with van der Waals surface area (Å²) in [6.45, 7) is 0. The van der Waals surface area contributed by atoms with Crippen molar-refractivity contribution in [2.75, 3.05) is 11.5 Å². The van der Waals surface area contributed by atoms with Crippen molar-refractivity contribution in [1.29, 1.82) is 0 Å². The Bertz CT molecular complexity index is 143. The van der Waals surface area contributed by atoms with Crippen molar-refractivity contribution in [2.45, 2.75) is 25.7 Å². The van der Waals surface area contributed by atoms with Gasteiger partial charge in [0.15, 0.2) is 0 Å². The molecule has 0 aromatic rings. The molecule has 0 saturated carbocycles. The molecule has 0 aliphatic carbocycles. The average Bonchev–Trinajstić information content (AvgIpc) is 2.10. The number of allylic oxidation sites excluding steroid dienone is 2. The van der Waals surface area contributed by atoms with Crippen molar-refractivity contribution in [3.63, 3.8) is 0 Å². The highest BCUT2D eigenvalue weighted by Crippen LogP contribution is 1.99. The molecule has 0 fully saturated rings. The number of esters is 1. The minimum atomic E-state index is -0.114. The predicted molar refractivity (Wildman–Crippen MR) is 58.5 cm³/mol. The summed E-state index contributed by atoms with van der Waals surface area (Å²) in [6.07, 6.45) is 7.81. The van der Waals surface area contributed by atoms with Crippen molar-refractivity contribution in [3.8, 4) is 0 Å². The van der Waals surface area contributed by atoms with Crippen LogP contribution in [0.2, 0.25) is 0 Å². The lowest BCUT2D eigenvalue weighted by atomic mass is 10.2. The summed E-state index contributed by atoms with van der Waals surface area (Å²) in [7, 11) is 1.42. The van der Waals surface area contributed by atoms with E-state index in [1.54, 1.807) is 0 Å². The largest absolute Gasteiger partial charge is 0.469 e. The third-order valence-electron chi connectivity index (χ3n) is 1.42. The van der Waals surface area contributed by atoms with Gasteiger partial charge in [-0.1, -0.05) is 34.7 Å². The van der Waals surface area contributed by atoms with Gasteiger partial charge < -0.3 is 4.74 Å². The van der Waals surface area contributed by atoms with Crippen LogP contribution in [-0.2, 0) is 9.53 Å². The van der Waals surface area contributed by atoms with Gasteiger partial charge in [0.1, 0.15) is 0 Å². The van der Waals surface area contributed by atoms with Crippen molar-refractivity contribution in [3.05, 3.63) is 12.2 Å². The molecule has 3 heteroatoms. The van der Waals surface area contributed by atoms with Gasteiger partial charge in [-0.2, -0.15) is 0 Å². The van der Waals surface area contributed by atoms with Gasteiger partial charge in [-0.15, -0.1) is 0 Å². The first kappa shape index (κ1) is 11.9. The van der Waals surface area contributed by atoms with Crippen LogP contribution in [0.4, 0.5) is 0 Å². The van der Waals surface area contributed by atoms with E-state index in [-0.39, 0.29) is 5.97 Å². The molecule has 0 unspecified atom stereocenters. The highest BCUT2D eigenvalue weighted by molar-refractivity contribution is 14.1. The van der Waals surface area contributed by atoms with E-state index >= 15 is 0 Å². The predicted octanol–water partition coefficient (Wildman–Crippen LogP) is 2.71. The van der Waals surface area contributed by atoms with Crippen molar-refractivity contribution in [1.82, 2.24) is 0 Å². The van der Waals surface area contributed by atoms with Gasteiger partial charge >= 0.3 is 5.97 Å². The zero-order chi connectivity index (χ0) is 9.23. The Kier molecular flexibility index (Phi) is 8.99. The van der Waals surface area contributed by atoms with E-state index < -0.39 is 0 Å². The Balaban J connectivity index is 3.15. The summed E-state index contributed by atoms with van der Waals surface area (Å²) in [6, 6.07) is 0. The fourth-order valence-corrected chi connectivity index (χ4v) is 1.12. The Morgan fingerprint density at radius 3 is 2.67 bits per heavy atom. The van der Waals surface area contributed by atoms with Crippen LogP contribution < -0.4 is 0 Å². The molecule has 0 atom stereocenters. The Hall–Kier alpha value is -0.0600. The van der Waals surface area contributed by atoms with Gasteiger partial charge in [-0.05, 0) is 19.3 Å². The first-order valence-corrected chi connectivity index (χ1v) is 5.61. The Morgan fingerprint density at radius 1 is 1.42 bits per heavy atom. The third kappa shape index (κ3) is 8.04. The second kappa shape index (κ2) is 9.03. The number of alkyl halides is 1. The summed E-state index contributed by atoms with van der Waals surface area (Å²) in [5, 5.41) is 0. The van der Waals surface area contributed by atoms with Gasteiger partial charge in [-0.25, -0.2) is 0 Å². The standard InChI is InChI=1S/C9H15IO2/c1-12-9(11)7-5-3-2-4-6-8-10/h2,4H,3,5-8H2,1H3. The molecule has 2 nitrogen and oxygen atoms in total. The summed E-state index contributed by atoms with van der Waals surface area (Å²) < 4.78 is 5.67. The van der Waals surface area contributed by atoms with Crippen LogP contribution in [0.15, 0.2) is 12.2 Å². The molecule has 0 radical (unpaired) electrons. The molecule has 0 bridgehead atoms. The van der Waals surface area contributed by atoms with Gasteiger partial charge in [0.2, 0.25) is 0 Å². The van der Waals surface area contributed by atoms with E-state index in [9.17, 15) is 4.79 Å². The van der Waals surface area contributed by atoms with Gasteiger partial charge in [0, 0.05) is 10.8 Å². The zero-order valence-corrected chi connectivity index (χ0v) is 9.54. The van der Waals surface area contributed by atoms with Gasteiger partial charge in [0.05, 0.1) is 7.11 Å². The number of carbonyl (C=O) groups excluding carboxylic acids is 1. The molecule has 0 rings (SSSR count). The maximum Gasteiger partial charge on any atom is 0.305 e. The van der Waals surface area contributed by atoms with Crippen LogP contribution >= 0.6 is 22.6 Å². The van der Waals surface area contributed by atoms with Crippen molar-refractivity contribution < 1.29 is 9.53 Å². The zero-order valence-electron chi connectivity index (χ0n) is 7.38. The van der Waals surface area contributed by atoms with Crippen molar-refractivity contribution >= 4 is 28.6 Å². The SMILES string of the molecule is COC(=O)CCCC=CCCI. The number of rotatable bonds is 6. The molecule has 0 amide bonds. The number of ether oxygens (including phenoxy) is 1. The molecule has 0 saturated heterocycles. The smallest absolute Gasteiger partial charge is 0.305 e. The number of halogens is 1. The summed E-state index contributed by atoms with van der Waals surface area (Å²) in [5.41, 5.74) is 0. The third-order valence-corrected chi connectivity index (χ3v) is 2.04. The quantitative estimate of drug-likeness (QED) is 0.246. The fraction of sp³-hybridized carbons (Fsp3) is 0.667. The molecular formula is C9H15IO2. The maximum absolute atomic E-state index is 10.7. The summed E-state index contributed by atoms with van der Waals surface area (Å²) >= 11 is 2.34. The fourth-order valence-electron chi connectivity index (χ4n) is 0.765. The normalized spacial score (nSPS) is 10.5. The van der Waals surface area contributed by atoms with Crippen LogP contribution in [0.1, 0.15) is 25.7 Å². The minimum Gasteiger partial charge on any atom is -0.469 e. The first-order chi connectivity index (χ1) is 5.81. The molecule has 0 aliphatic heterocycles. The summed E-state index contributed by atoms with van der Waals surface area (Å²) in [4.78, 5) is 10.7. The molecular weight excluding hydrogens is 267 g/mol. The molecule has 12 heavy (non-hydrogen) atoms. The van der Waals surface area contributed by atoms with Crippen LogP contribution in [0, 0.1) is 0 Å². The number of methoxy groups -OCH3 is 1. The van der Waals surface area contributed by atoms with Crippen LogP contribution in [0.3, 0.4) is 0 Å². The van der Waals surface area contributed by atoms with Crippen LogP contribution in [0.25, 0.3) is 0 Å². The minimum absolute atomic E-state index is 0.114. The monoisotopic (exact) mass is 282 g/mol.